The number of hydrogen-bond acceptors (Lipinski definition) is 5. The van der Waals surface area contributed by atoms with Crippen molar-refractivity contribution >= 4 is 58.5 Å². The molecule has 0 unspecified atom stereocenters. The first-order chi connectivity index (χ1) is 16.3. The van der Waals surface area contributed by atoms with Crippen molar-refractivity contribution in [1.82, 2.24) is 5.43 Å². The molecule has 3 N–H and O–H groups in total. The second-order valence-corrected chi connectivity index (χ2v) is 7.82. The van der Waals surface area contributed by atoms with Crippen molar-refractivity contribution in [3.8, 4) is 5.75 Å². The fraction of sp³-hybridized carbons (Fsp3) is 0.0833. The minimum Gasteiger partial charge on any atom is -0.484 e. The number of anilines is 2. The number of hydrazone groups is 1. The summed E-state index contributed by atoms with van der Waals surface area (Å²) < 4.78 is 5.49. The van der Waals surface area contributed by atoms with E-state index in [1.54, 1.807) is 54.6 Å². The Bertz CT molecular complexity index is 1230. The van der Waals surface area contributed by atoms with E-state index in [4.69, 9.17) is 27.9 Å². The third-order valence-corrected chi connectivity index (χ3v) is 5.17. The van der Waals surface area contributed by atoms with Gasteiger partial charge in [0.25, 0.3) is 5.91 Å². The van der Waals surface area contributed by atoms with Gasteiger partial charge in [0.1, 0.15) is 5.75 Å². The summed E-state index contributed by atoms with van der Waals surface area (Å²) in [5.74, 6) is -1.78. The first-order valence-electron chi connectivity index (χ1n) is 9.99. The third kappa shape index (κ3) is 7.33. The second kappa shape index (κ2) is 11.8. The summed E-state index contributed by atoms with van der Waals surface area (Å²) >= 11 is 12.0. The van der Waals surface area contributed by atoms with Crippen LogP contribution in [0.3, 0.4) is 0 Å². The Morgan fingerprint density at radius 2 is 1.68 bits per heavy atom. The highest BCUT2D eigenvalue weighted by atomic mass is 35.5. The topological polar surface area (TPSA) is 109 Å². The lowest BCUT2D eigenvalue weighted by Gasteiger charge is -2.09. The number of amides is 3. The van der Waals surface area contributed by atoms with Crippen LogP contribution < -0.4 is 20.8 Å². The number of carbonyl (C=O) groups excluding carboxylic acids is 3. The maximum Gasteiger partial charge on any atom is 0.329 e. The van der Waals surface area contributed by atoms with Crippen molar-refractivity contribution in [3.05, 3.63) is 87.9 Å². The molecule has 0 spiro atoms. The second-order valence-electron chi connectivity index (χ2n) is 7.03. The smallest absolute Gasteiger partial charge is 0.329 e. The largest absolute Gasteiger partial charge is 0.484 e. The SMILES string of the molecule is Cc1ccc(NC(=O)C(=O)N/N=C\c2cccc(OCC(=O)Nc3cccc(Cl)c3Cl)c2)cc1. The molecule has 174 valence electrons. The molecule has 3 rings (SSSR count). The molecule has 0 aliphatic carbocycles. The van der Waals surface area contributed by atoms with E-state index in [0.717, 1.165) is 5.56 Å². The Kier molecular flexibility index (Phi) is 8.61. The first kappa shape index (κ1) is 24.8. The van der Waals surface area contributed by atoms with Crippen LogP contribution in [0.4, 0.5) is 11.4 Å². The molecule has 0 aliphatic rings. The van der Waals surface area contributed by atoms with Crippen LogP contribution >= 0.6 is 23.2 Å². The van der Waals surface area contributed by atoms with Crippen LogP contribution in [0.25, 0.3) is 0 Å². The van der Waals surface area contributed by atoms with Gasteiger partial charge in [-0.05, 0) is 48.9 Å². The molecule has 0 radical (unpaired) electrons. The molecule has 3 aromatic carbocycles. The number of aryl methyl sites for hydroxylation is 1. The number of rotatable bonds is 7. The summed E-state index contributed by atoms with van der Waals surface area (Å²) in [4.78, 5) is 36.0. The normalized spacial score (nSPS) is 10.6. The number of nitrogens with zero attached hydrogens (tertiary/aromatic N) is 1. The van der Waals surface area contributed by atoms with E-state index in [1.165, 1.54) is 6.21 Å². The lowest BCUT2D eigenvalue weighted by Crippen LogP contribution is -2.32. The zero-order valence-electron chi connectivity index (χ0n) is 18.0. The molecule has 0 saturated heterocycles. The molecule has 8 nitrogen and oxygen atoms in total. The predicted octanol–water partition coefficient (Wildman–Crippen LogP) is 4.41. The van der Waals surface area contributed by atoms with Gasteiger partial charge in [0.2, 0.25) is 0 Å². The summed E-state index contributed by atoms with van der Waals surface area (Å²) in [6.45, 7) is 1.65. The Hall–Kier alpha value is -3.88. The third-order valence-electron chi connectivity index (χ3n) is 4.35. The minimum atomic E-state index is -0.916. The van der Waals surface area contributed by atoms with Crippen molar-refractivity contribution in [2.45, 2.75) is 6.92 Å². The van der Waals surface area contributed by atoms with Gasteiger partial charge in [0.05, 0.1) is 21.9 Å². The molecule has 34 heavy (non-hydrogen) atoms. The summed E-state index contributed by atoms with van der Waals surface area (Å²) in [6, 6.07) is 18.6. The molecule has 10 heteroatoms. The van der Waals surface area contributed by atoms with E-state index in [2.05, 4.69) is 21.2 Å². The zero-order valence-corrected chi connectivity index (χ0v) is 19.5. The molecule has 0 heterocycles. The van der Waals surface area contributed by atoms with E-state index >= 15 is 0 Å². The average molecular weight is 499 g/mol. The molecule has 0 aliphatic heterocycles. The van der Waals surface area contributed by atoms with Gasteiger partial charge in [-0.15, -0.1) is 0 Å². The van der Waals surface area contributed by atoms with Crippen LogP contribution in [0, 0.1) is 6.92 Å². The molecule has 0 atom stereocenters. The van der Waals surface area contributed by atoms with E-state index in [9.17, 15) is 14.4 Å². The van der Waals surface area contributed by atoms with Gasteiger partial charge in [-0.25, -0.2) is 5.43 Å². The Morgan fingerprint density at radius 3 is 2.44 bits per heavy atom. The number of ether oxygens (including phenoxy) is 1. The highest BCUT2D eigenvalue weighted by Crippen LogP contribution is 2.29. The molecule has 3 amide bonds. The summed E-state index contributed by atoms with van der Waals surface area (Å²) in [7, 11) is 0. The van der Waals surface area contributed by atoms with Crippen LogP contribution in [0.2, 0.25) is 10.0 Å². The van der Waals surface area contributed by atoms with Crippen LogP contribution in [-0.2, 0) is 14.4 Å². The van der Waals surface area contributed by atoms with Crippen LogP contribution in [0.1, 0.15) is 11.1 Å². The lowest BCUT2D eigenvalue weighted by atomic mass is 10.2. The molecule has 0 fully saturated rings. The molecule has 0 aromatic heterocycles. The van der Waals surface area contributed by atoms with Gasteiger partial charge < -0.3 is 15.4 Å². The molecule has 0 saturated carbocycles. The molecule has 3 aromatic rings. The van der Waals surface area contributed by atoms with Crippen LogP contribution in [0.5, 0.6) is 5.75 Å². The van der Waals surface area contributed by atoms with Gasteiger partial charge in [0, 0.05) is 5.69 Å². The molecular weight excluding hydrogens is 479 g/mol. The Labute approximate surface area is 205 Å². The van der Waals surface area contributed by atoms with Crippen molar-refractivity contribution in [3.63, 3.8) is 0 Å². The maximum absolute atomic E-state index is 12.1. The fourth-order valence-electron chi connectivity index (χ4n) is 2.66. The highest BCUT2D eigenvalue weighted by Gasteiger charge is 2.13. The molecular formula is C24H20Cl2N4O4. The summed E-state index contributed by atoms with van der Waals surface area (Å²) in [6.07, 6.45) is 1.34. The zero-order chi connectivity index (χ0) is 24.5. The van der Waals surface area contributed by atoms with Gasteiger partial charge in [0.15, 0.2) is 6.61 Å². The van der Waals surface area contributed by atoms with Gasteiger partial charge >= 0.3 is 11.8 Å². The number of carbonyl (C=O) groups is 3. The van der Waals surface area contributed by atoms with E-state index in [-0.39, 0.29) is 11.6 Å². The van der Waals surface area contributed by atoms with Gasteiger partial charge in [-0.3, -0.25) is 14.4 Å². The van der Waals surface area contributed by atoms with Crippen LogP contribution in [0.15, 0.2) is 71.8 Å². The average Bonchev–Trinajstić information content (AvgIpc) is 2.82. The number of benzene rings is 3. The summed E-state index contributed by atoms with van der Waals surface area (Å²) in [5.41, 5.74) is 4.65. The van der Waals surface area contributed by atoms with Crippen molar-refractivity contribution in [2.75, 3.05) is 17.2 Å². The Balaban J connectivity index is 1.49. The number of nitrogens with one attached hydrogen (secondary N) is 3. The fourth-order valence-corrected chi connectivity index (χ4v) is 3.01. The van der Waals surface area contributed by atoms with Crippen molar-refractivity contribution in [2.24, 2.45) is 5.10 Å². The predicted molar refractivity (Wildman–Crippen MR) is 133 cm³/mol. The monoisotopic (exact) mass is 498 g/mol. The van der Waals surface area contributed by atoms with Gasteiger partial charge in [-0.2, -0.15) is 5.10 Å². The highest BCUT2D eigenvalue weighted by molar-refractivity contribution is 6.44. The number of halogens is 2. The van der Waals surface area contributed by atoms with E-state index in [1.807, 2.05) is 19.1 Å². The van der Waals surface area contributed by atoms with Crippen molar-refractivity contribution in [1.29, 1.82) is 0 Å². The van der Waals surface area contributed by atoms with E-state index < -0.39 is 17.7 Å². The standard InChI is InChI=1S/C24H20Cl2N4O4/c1-15-8-10-17(11-9-15)28-23(32)24(33)30-27-13-16-4-2-5-18(12-16)34-14-21(31)29-20-7-3-6-19(25)22(20)26/h2-13H,14H2,1H3,(H,28,32)(H,29,31)(H,30,33)/b27-13-. The first-order valence-corrected chi connectivity index (χ1v) is 10.7. The quantitative estimate of drug-likeness (QED) is 0.254. The van der Waals surface area contributed by atoms with Crippen molar-refractivity contribution < 1.29 is 19.1 Å². The lowest BCUT2D eigenvalue weighted by molar-refractivity contribution is -0.136. The molecule has 0 bridgehead atoms. The summed E-state index contributed by atoms with van der Waals surface area (Å²) in [5, 5.41) is 9.45. The van der Waals surface area contributed by atoms with Gasteiger partial charge in [-0.1, -0.05) is 59.1 Å². The van der Waals surface area contributed by atoms with E-state index in [0.29, 0.717) is 27.7 Å². The maximum atomic E-state index is 12.1. The van der Waals surface area contributed by atoms with Crippen LogP contribution in [-0.4, -0.2) is 30.5 Å². The Morgan fingerprint density at radius 1 is 0.941 bits per heavy atom. The number of hydrogen-bond donors (Lipinski definition) is 3. The minimum absolute atomic E-state index is 0.241.